The van der Waals surface area contributed by atoms with Gasteiger partial charge in [-0.15, -0.1) is 0 Å². The Labute approximate surface area is 102 Å². The second-order valence-electron chi connectivity index (χ2n) is 3.50. The third-order valence-electron chi connectivity index (χ3n) is 2.38. The molecule has 17 heavy (non-hydrogen) atoms. The highest BCUT2D eigenvalue weighted by atomic mass is 32.2. The summed E-state index contributed by atoms with van der Waals surface area (Å²) < 4.78 is 35.4. The number of ether oxygens (including phenoxy) is 2. The van der Waals surface area contributed by atoms with E-state index in [1.54, 1.807) is 30.3 Å². The van der Waals surface area contributed by atoms with Crippen molar-refractivity contribution in [1.82, 2.24) is 4.31 Å². The van der Waals surface area contributed by atoms with Crippen LogP contribution in [0.3, 0.4) is 0 Å². The first-order chi connectivity index (χ1) is 8.02. The van der Waals surface area contributed by atoms with Crippen LogP contribution in [0.25, 0.3) is 0 Å². The first kappa shape index (κ1) is 14.1. The Morgan fingerprint density at radius 2 is 1.71 bits per heavy atom. The number of rotatable bonds is 6. The molecule has 0 saturated heterocycles. The molecule has 0 bridgehead atoms. The van der Waals surface area contributed by atoms with Crippen molar-refractivity contribution in [2.45, 2.75) is 11.2 Å². The van der Waals surface area contributed by atoms with Gasteiger partial charge in [0, 0.05) is 21.3 Å². The quantitative estimate of drug-likeness (QED) is 0.713. The van der Waals surface area contributed by atoms with E-state index < -0.39 is 16.3 Å². The van der Waals surface area contributed by atoms with Gasteiger partial charge in [-0.3, -0.25) is 0 Å². The lowest BCUT2D eigenvalue weighted by Gasteiger charge is -2.21. The van der Waals surface area contributed by atoms with Crippen LogP contribution in [-0.4, -0.2) is 46.8 Å². The monoisotopic (exact) mass is 259 g/mol. The SMILES string of the molecule is COC(CN(C)S(=O)(=O)c1ccccc1)OC. The number of hydrogen-bond acceptors (Lipinski definition) is 4. The van der Waals surface area contributed by atoms with Gasteiger partial charge in [-0.05, 0) is 12.1 Å². The van der Waals surface area contributed by atoms with Gasteiger partial charge in [0.05, 0.1) is 11.4 Å². The van der Waals surface area contributed by atoms with Gasteiger partial charge in [-0.25, -0.2) is 8.42 Å². The molecule has 5 nitrogen and oxygen atoms in total. The molecular formula is C11H17NO4S. The smallest absolute Gasteiger partial charge is 0.242 e. The lowest BCUT2D eigenvalue weighted by atomic mass is 10.4. The van der Waals surface area contributed by atoms with Crippen LogP contribution < -0.4 is 0 Å². The standard InChI is InChI=1S/C11H17NO4S/c1-12(9-11(15-2)16-3)17(13,14)10-7-5-4-6-8-10/h4-8,11H,9H2,1-3H3. The molecule has 0 amide bonds. The van der Waals surface area contributed by atoms with E-state index in [-0.39, 0.29) is 11.4 Å². The Morgan fingerprint density at radius 3 is 2.18 bits per heavy atom. The average Bonchev–Trinajstić information content (AvgIpc) is 2.36. The third-order valence-corrected chi connectivity index (χ3v) is 4.22. The molecule has 0 aliphatic carbocycles. The van der Waals surface area contributed by atoms with Crippen LogP contribution in [-0.2, 0) is 19.5 Å². The molecular weight excluding hydrogens is 242 g/mol. The maximum absolute atomic E-state index is 12.1. The Balaban J connectivity index is 2.85. The molecule has 0 saturated carbocycles. The zero-order valence-corrected chi connectivity index (χ0v) is 11.0. The number of sulfonamides is 1. The predicted molar refractivity (Wildman–Crippen MR) is 64.1 cm³/mol. The summed E-state index contributed by atoms with van der Waals surface area (Å²) in [7, 11) is 0.951. The van der Waals surface area contributed by atoms with E-state index in [1.807, 2.05) is 0 Å². The van der Waals surface area contributed by atoms with Crippen molar-refractivity contribution in [3.8, 4) is 0 Å². The normalized spacial score (nSPS) is 12.3. The second kappa shape index (κ2) is 6.11. The molecule has 0 unspecified atom stereocenters. The number of likely N-dealkylation sites (N-methyl/N-ethyl adjacent to an activating group) is 1. The van der Waals surface area contributed by atoms with E-state index >= 15 is 0 Å². The highest BCUT2D eigenvalue weighted by Crippen LogP contribution is 2.14. The molecule has 0 spiro atoms. The summed E-state index contributed by atoms with van der Waals surface area (Å²) in [4.78, 5) is 0.258. The van der Waals surface area contributed by atoms with Gasteiger partial charge in [-0.2, -0.15) is 4.31 Å². The molecule has 1 rings (SSSR count). The summed E-state index contributed by atoms with van der Waals surface area (Å²) in [6, 6.07) is 8.25. The molecule has 6 heteroatoms. The minimum atomic E-state index is -3.48. The van der Waals surface area contributed by atoms with Crippen LogP contribution in [0.2, 0.25) is 0 Å². The van der Waals surface area contributed by atoms with Crippen LogP contribution in [0.15, 0.2) is 35.2 Å². The van der Waals surface area contributed by atoms with Crippen molar-refractivity contribution < 1.29 is 17.9 Å². The molecule has 0 heterocycles. The third kappa shape index (κ3) is 3.50. The number of methoxy groups -OCH3 is 2. The number of benzene rings is 1. The Hall–Kier alpha value is -0.950. The van der Waals surface area contributed by atoms with Gasteiger partial charge in [0.2, 0.25) is 10.0 Å². The van der Waals surface area contributed by atoms with Crippen molar-refractivity contribution in [1.29, 1.82) is 0 Å². The molecule has 96 valence electrons. The summed E-state index contributed by atoms with van der Waals surface area (Å²) in [5, 5.41) is 0. The second-order valence-corrected chi connectivity index (χ2v) is 5.54. The number of hydrogen-bond donors (Lipinski definition) is 0. The lowest BCUT2D eigenvalue weighted by Crippen LogP contribution is -2.36. The molecule has 0 aliphatic heterocycles. The first-order valence-corrected chi connectivity index (χ1v) is 6.53. The maximum atomic E-state index is 12.1. The van der Waals surface area contributed by atoms with Crippen molar-refractivity contribution in [3.05, 3.63) is 30.3 Å². The molecule has 0 fully saturated rings. The van der Waals surface area contributed by atoms with Crippen LogP contribution in [0.4, 0.5) is 0 Å². The molecule has 0 N–H and O–H groups in total. The van der Waals surface area contributed by atoms with E-state index in [0.717, 1.165) is 0 Å². The fourth-order valence-electron chi connectivity index (χ4n) is 1.33. The first-order valence-electron chi connectivity index (χ1n) is 5.09. The summed E-state index contributed by atoms with van der Waals surface area (Å²) in [6.45, 7) is 0.143. The predicted octanol–water partition coefficient (Wildman–Crippen LogP) is 0.926. The molecule has 0 aromatic heterocycles. The minimum Gasteiger partial charge on any atom is -0.355 e. The van der Waals surface area contributed by atoms with E-state index in [9.17, 15) is 8.42 Å². The van der Waals surface area contributed by atoms with Crippen LogP contribution in [0, 0.1) is 0 Å². The zero-order chi connectivity index (χ0) is 12.9. The van der Waals surface area contributed by atoms with Gasteiger partial charge >= 0.3 is 0 Å². The highest BCUT2D eigenvalue weighted by Gasteiger charge is 2.23. The average molecular weight is 259 g/mol. The molecule has 1 aromatic carbocycles. The van der Waals surface area contributed by atoms with Crippen molar-refractivity contribution in [3.63, 3.8) is 0 Å². The zero-order valence-electron chi connectivity index (χ0n) is 10.2. The maximum Gasteiger partial charge on any atom is 0.242 e. The Kier molecular flexibility index (Phi) is 5.07. The van der Waals surface area contributed by atoms with Crippen molar-refractivity contribution in [2.75, 3.05) is 27.8 Å². The summed E-state index contributed by atoms with van der Waals surface area (Å²) in [5.74, 6) is 0. The van der Waals surface area contributed by atoms with E-state index in [0.29, 0.717) is 0 Å². The number of nitrogens with zero attached hydrogens (tertiary/aromatic N) is 1. The largest absolute Gasteiger partial charge is 0.355 e. The van der Waals surface area contributed by atoms with E-state index in [4.69, 9.17) is 9.47 Å². The van der Waals surface area contributed by atoms with Gasteiger partial charge < -0.3 is 9.47 Å². The van der Waals surface area contributed by atoms with Crippen molar-refractivity contribution in [2.24, 2.45) is 0 Å². The Morgan fingerprint density at radius 1 is 1.18 bits per heavy atom. The summed E-state index contributed by atoms with van der Waals surface area (Å²) in [6.07, 6.45) is -0.571. The van der Waals surface area contributed by atoms with Crippen LogP contribution >= 0.6 is 0 Å². The van der Waals surface area contributed by atoms with Gasteiger partial charge in [0.25, 0.3) is 0 Å². The van der Waals surface area contributed by atoms with Crippen LogP contribution in [0.5, 0.6) is 0 Å². The minimum absolute atomic E-state index is 0.143. The van der Waals surface area contributed by atoms with Crippen LogP contribution in [0.1, 0.15) is 0 Å². The molecule has 0 radical (unpaired) electrons. The van der Waals surface area contributed by atoms with Gasteiger partial charge in [-0.1, -0.05) is 18.2 Å². The molecule has 0 aliphatic rings. The van der Waals surface area contributed by atoms with E-state index in [2.05, 4.69) is 0 Å². The van der Waals surface area contributed by atoms with Gasteiger partial charge in [0.15, 0.2) is 6.29 Å². The fourth-order valence-corrected chi connectivity index (χ4v) is 2.50. The highest BCUT2D eigenvalue weighted by molar-refractivity contribution is 7.89. The van der Waals surface area contributed by atoms with E-state index in [1.165, 1.54) is 25.6 Å². The lowest BCUT2D eigenvalue weighted by molar-refractivity contribution is -0.106. The topological polar surface area (TPSA) is 55.8 Å². The Bertz CT molecular complexity index is 428. The molecule has 1 aromatic rings. The van der Waals surface area contributed by atoms with Gasteiger partial charge in [0.1, 0.15) is 0 Å². The van der Waals surface area contributed by atoms with Crippen molar-refractivity contribution >= 4 is 10.0 Å². The summed E-state index contributed by atoms with van der Waals surface area (Å²) in [5.41, 5.74) is 0. The molecule has 0 atom stereocenters. The fraction of sp³-hybridized carbons (Fsp3) is 0.455. The summed E-state index contributed by atoms with van der Waals surface area (Å²) >= 11 is 0.